The molecule has 0 aliphatic carbocycles. The summed E-state index contributed by atoms with van der Waals surface area (Å²) in [5, 5.41) is 23.8. The monoisotopic (exact) mass is 622 g/mol. The summed E-state index contributed by atoms with van der Waals surface area (Å²) in [6.07, 6.45) is -2.19. The third-order valence-corrected chi connectivity index (χ3v) is 7.83. The number of nitrogens with zero attached hydrogens (tertiary/aromatic N) is 7. The maximum Gasteiger partial charge on any atom is 0.416 e. The van der Waals surface area contributed by atoms with Gasteiger partial charge >= 0.3 is 12.2 Å². The molecule has 1 fully saturated rings. The Balaban J connectivity index is 1.49. The number of aromatic nitrogens is 2. The fourth-order valence-corrected chi connectivity index (χ4v) is 5.60. The number of aliphatic hydroxyl groups is 1. The van der Waals surface area contributed by atoms with Crippen LogP contribution in [0.1, 0.15) is 36.7 Å². The Morgan fingerprint density at radius 2 is 1.80 bits per heavy atom. The number of carbonyl (C=O) groups excluding carboxylic acids is 2. The summed E-state index contributed by atoms with van der Waals surface area (Å²) in [5.41, 5.74) is 0.667. The summed E-state index contributed by atoms with van der Waals surface area (Å²) in [5.74, 6) is 0.247. The van der Waals surface area contributed by atoms with E-state index in [1.165, 1.54) is 23.2 Å². The van der Waals surface area contributed by atoms with Gasteiger partial charge in [0.05, 0.1) is 23.7 Å². The molecule has 11 nitrogen and oxygen atoms in total. The summed E-state index contributed by atoms with van der Waals surface area (Å²) >= 11 is 0. The van der Waals surface area contributed by atoms with Crippen molar-refractivity contribution in [3.8, 4) is 11.8 Å². The van der Waals surface area contributed by atoms with Crippen LogP contribution in [0.25, 0.3) is 11.4 Å². The smallest absolute Gasteiger partial charge is 0.356 e. The number of amides is 3. The van der Waals surface area contributed by atoms with E-state index in [0.717, 1.165) is 17.0 Å². The minimum absolute atomic E-state index is 0.00745. The number of hydrogen-bond acceptors (Lipinski definition) is 7. The zero-order chi connectivity index (χ0) is 32.5. The van der Waals surface area contributed by atoms with Gasteiger partial charge in [-0.2, -0.15) is 18.4 Å². The summed E-state index contributed by atoms with van der Waals surface area (Å²) in [6, 6.07) is 12.2. The van der Waals surface area contributed by atoms with Gasteiger partial charge in [0.1, 0.15) is 5.70 Å². The molecule has 1 unspecified atom stereocenters. The highest BCUT2D eigenvalue weighted by Crippen LogP contribution is 2.40. The normalized spacial score (nSPS) is 17.7. The van der Waals surface area contributed by atoms with Crippen LogP contribution < -0.4 is 10.2 Å². The van der Waals surface area contributed by atoms with E-state index in [-0.39, 0.29) is 35.7 Å². The van der Waals surface area contributed by atoms with Crippen molar-refractivity contribution in [2.45, 2.75) is 38.3 Å². The van der Waals surface area contributed by atoms with Crippen molar-refractivity contribution in [1.82, 2.24) is 29.6 Å². The van der Waals surface area contributed by atoms with E-state index in [0.29, 0.717) is 42.9 Å². The third-order valence-electron chi connectivity index (χ3n) is 7.83. The average molecular weight is 623 g/mol. The number of likely N-dealkylation sites (N-methyl/N-ethyl adjacent to an activating group) is 1. The molecule has 2 aliphatic heterocycles. The van der Waals surface area contributed by atoms with E-state index in [4.69, 9.17) is 0 Å². The molecule has 236 valence electrons. The molecule has 3 amide bonds. The number of hydrogen-bond donors (Lipinski definition) is 2. The van der Waals surface area contributed by atoms with E-state index in [2.05, 4.69) is 16.4 Å². The van der Waals surface area contributed by atoms with Crippen LogP contribution in [-0.4, -0.2) is 87.4 Å². The molecular formula is C31H33F3N8O3. The Bertz CT molecular complexity index is 1640. The van der Waals surface area contributed by atoms with Gasteiger partial charge in [-0.1, -0.05) is 6.07 Å². The first-order chi connectivity index (χ1) is 21.4. The standard InChI is InChI=1S/C31H33F3N8O3/c1-20-27(28-36-13-16-40(28)24-9-7-21(18-35)8-10-24)42(30(45)41(20)25-6-4-5-22(17-25)31(32,33)34)29(44)37-23-11-14-39(15-12-23)26(43)19-38(2)3/h4-10,13,16-17,23,30,45H,11-12,14-15,19H2,1-3H3,(H,37,44). The highest BCUT2D eigenvalue weighted by Gasteiger charge is 2.43. The highest BCUT2D eigenvalue weighted by molar-refractivity contribution is 5.90. The van der Waals surface area contributed by atoms with Crippen molar-refractivity contribution < 1.29 is 27.9 Å². The van der Waals surface area contributed by atoms with Crippen LogP contribution in [0.4, 0.5) is 23.7 Å². The van der Waals surface area contributed by atoms with Crippen LogP contribution in [0.2, 0.25) is 0 Å². The van der Waals surface area contributed by atoms with Gasteiger partial charge in [-0.25, -0.2) is 14.7 Å². The molecule has 14 heteroatoms. The van der Waals surface area contributed by atoms with Crippen molar-refractivity contribution in [2.24, 2.45) is 0 Å². The quantitative estimate of drug-likeness (QED) is 0.429. The first-order valence-electron chi connectivity index (χ1n) is 14.3. The SMILES string of the molecule is CC1=C(c2nccn2-c2ccc(C#N)cc2)N(C(=O)NC2CCN(C(=O)CN(C)C)CC2)C(O)N1c1cccc(C(F)(F)F)c1. The minimum atomic E-state index is -4.62. The average Bonchev–Trinajstić information content (AvgIpc) is 3.58. The summed E-state index contributed by atoms with van der Waals surface area (Å²) < 4.78 is 42.5. The lowest BCUT2D eigenvalue weighted by molar-refractivity contribution is -0.137. The van der Waals surface area contributed by atoms with Crippen LogP contribution in [0, 0.1) is 11.3 Å². The molecule has 45 heavy (non-hydrogen) atoms. The molecule has 3 heterocycles. The van der Waals surface area contributed by atoms with Crippen molar-refractivity contribution >= 4 is 23.3 Å². The summed E-state index contributed by atoms with van der Waals surface area (Å²) in [4.78, 5) is 36.8. The lowest BCUT2D eigenvalue weighted by Gasteiger charge is -2.35. The molecule has 0 spiro atoms. The number of urea groups is 1. The number of benzene rings is 2. The van der Waals surface area contributed by atoms with Gasteiger partial charge in [0.15, 0.2) is 5.82 Å². The van der Waals surface area contributed by atoms with Gasteiger partial charge in [0.2, 0.25) is 12.3 Å². The molecule has 3 aromatic rings. The molecule has 1 atom stereocenters. The number of rotatable bonds is 6. The number of likely N-dealkylation sites (tertiary alicyclic amines) is 1. The van der Waals surface area contributed by atoms with E-state index in [1.807, 2.05) is 14.1 Å². The van der Waals surface area contributed by atoms with E-state index in [9.17, 15) is 33.1 Å². The maximum atomic E-state index is 13.9. The molecule has 2 aliphatic rings. The fraction of sp³-hybridized carbons (Fsp3) is 0.355. The second kappa shape index (κ2) is 12.6. The van der Waals surface area contributed by atoms with Gasteiger partial charge in [0.25, 0.3) is 0 Å². The number of allylic oxidation sites excluding steroid dienone is 1. The first kappa shape index (κ1) is 31.6. The number of halogens is 3. The number of aliphatic hydroxyl groups excluding tert-OH is 1. The Hall–Kier alpha value is -4.87. The molecule has 0 radical (unpaired) electrons. The van der Waals surface area contributed by atoms with Crippen LogP contribution in [0.5, 0.6) is 0 Å². The number of piperidine rings is 1. The molecule has 5 rings (SSSR count). The van der Waals surface area contributed by atoms with Gasteiger partial charge in [-0.3, -0.25) is 14.3 Å². The number of anilines is 1. The van der Waals surface area contributed by atoms with Crippen molar-refractivity contribution in [1.29, 1.82) is 5.26 Å². The topological polar surface area (TPSA) is 121 Å². The number of nitrogens with one attached hydrogen (secondary N) is 1. The number of nitriles is 1. The Morgan fingerprint density at radius 1 is 1.11 bits per heavy atom. The predicted octanol–water partition coefficient (Wildman–Crippen LogP) is 3.81. The van der Waals surface area contributed by atoms with E-state index < -0.39 is 24.1 Å². The molecule has 2 N–H and O–H groups in total. The second-order valence-corrected chi connectivity index (χ2v) is 11.2. The molecule has 1 saturated heterocycles. The number of carbonyl (C=O) groups is 2. The molecule has 0 bridgehead atoms. The zero-order valence-corrected chi connectivity index (χ0v) is 25.0. The van der Waals surface area contributed by atoms with Gasteiger partial charge in [0, 0.05) is 48.6 Å². The fourth-order valence-electron chi connectivity index (χ4n) is 5.60. The van der Waals surface area contributed by atoms with Crippen LogP contribution in [0.3, 0.4) is 0 Å². The predicted molar refractivity (Wildman–Crippen MR) is 159 cm³/mol. The highest BCUT2D eigenvalue weighted by atomic mass is 19.4. The Kier molecular flexibility index (Phi) is 8.85. The second-order valence-electron chi connectivity index (χ2n) is 11.2. The maximum absolute atomic E-state index is 13.9. The lowest BCUT2D eigenvalue weighted by atomic mass is 10.1. The van der Waals surface area contributed by atoms with Crippen LogP contribution in [-0.2, 0) is 11.0 Å². The van der Waals surface area contributed by atoms with E-state index in [1.54, 1.807) is 51.8 Å². The molecule has 0 saturated carbocycles. The van der Waals surface area contributed by atoms with Crippen LogP contribution in [0.15, 0.2) is 66.6 Å². The molecule has 1 aromatic heterocycles. The Labute approximate surface area is 258 Å². The summed E-state index contributed by atoms with van der Waals surface area (Å²) in [7, 11) is 3.63. The molecular weight excluding hydrogens is 589 g/mol. The summed E-state index contributed by atoms with van der Waals surface area (Å²) in [6.45, 7) is 2.77. The van der Waals surface area contributed by atoms with Gasteiger partial charge < -0.3 is 20.2 Å². The zero-order valence-electron chi connectivity index (χ0n) is 25.0. The van der Waals surface area contributed by atoms with Crippen molar-refractivity contribution in [2.75, 3.05) is 38.6 Å². The molecule has 2 aromatic carbocycles. The number of imidazole rings is 1. The van der Waals surface area contributed by atoms with Gasteiger partial charge in [-0.15, -0.1) is 0 Å². The third kappa shape index (κ3) is 6.50. The van der Waals surface area contributed by atoms with Gasteiger partial charge in [-0.05, 0) is 76.3 Å². The van der Waals surface area contributed by atoms with Crippen molar-refractivity contribution in [3.63, 3.8) is 0 Å². The largest absolute Gasteiger partial charge is 0.416 e. The lowest BCUT2D eigenvalue weighted by Crippen LogP contribution is -2.53. The number of alkyl halides is 3. The first-order valence-corrected chi connectivity index (χ1v) is 14.3. The Morgan fingerprint density at radius 3 is 2.42 bits per heavy atom. The van der Waals surface area contributed by atoms with Crippen LogP contribution >= 0.6 is 0 Å². The van der Waals surface area contributed by atoms with Crippen molar-refractivity contribution in [3.05, 3.63) is 83.6 Å². The minimum Gasteiger partial charge on any atom is -0.356 e. The van der Waals surface area contributed by atoms with E-state index >= 15 is 0 Å².